The lowest BCUT2D eigenvalue weighted by Gasteiger charge is -2.14. The molecule has 0 aromatic heterocycles. The maximum Gasteiger partial charge on any atom is 0.0442 e. The van der Waals surface area contributed by atoms with Crippen molar-refractivity contribution in [1.29, 1.82) is 0 Å². The minimum absolute atomic E-state index is 0.721. The zero-order valence-electron chi connectivity index (χ0n) is 7.74. The average molecular weight is 176 g/mol. The van der Waals surface area contributed by atoms with Crippen molar-refractivity contribution in [2.24, 2.45) is 0 Å². The smallest absolute Gasteiger partial charge is 0.0442 e. The van der Waals surface area contributed by atoms with Crippen LogP contribution >= 0.6 is 11.8 Å². The first-order valence-electron chi connectivity index (χ1n) is 4.14. The van der Waals surface area contributed by atoms with Crippen LogP contribution in [-0.4, -0.2) is 19.6 Å². The molecule has 0 radical (unpaired) electrons. The third-order valence-corrected chi connectivity index (χ3v) is 4.26. The first-order valence-corrected chi connectivity index (χ1v) is 9.00. The van der Waals surface area contributed by atoms with Gasteiger partial charge in [-0.1, -0.05) is 32.6 Å². The monoisotopic (exact) mass is 176 g/mol. The fourth-order valence-electron chi connectivity index (χ4n) is 0.849. The van der Waals surface area contributed by atoms with Gasteiger partial charge in [0.05, 0.1) is 0 Å². The molecule has 0 bridgehead atoms. The SMILES string of the molecule is CCSCCC[Si](C)(C)C. The summed E-state index contributed by atoms with van der Waals surface area (Å²) in [7, 11) is -0.721. The first kappa shape index (κ1) is 10.6. The van der Waals surface area contributed by atoms with E-state index in [0.717, 1.165) is 0 Å². The van der Waals surface area contributed by atoms with Gasteiger partial charge < -0.3 is 0 Å². The zero-order valence-corrected chi connectivity index (χ0v) is 9.55. The van der Waals surface area contributed by atoms with Gasteiger partial charge in [-0.2, -0.15) is 11.8 Å². The second-order valence-electron chi connectivity index (χ2n) is 3.86. The van der Waals surface area contributed by atoms with Gasteiger partial charge in [0.1, 0.15) is 0 Å². The minimum Gasteiger partial charge on any atom is -0.162 e. The van der Waals surface area contributed by atoms with Gasteiger partial charge in [-0.3, -0.25) is 0 Å². The van der Waals surface area contributed by atoms with Crippen molar-refractivity contribution in [3.63, 3.8) is 0 Å². The Morgan fingerprint density at radius 2 is 1.80 bits per heavy atom. The van der Waals surface area contributed by atoms with Crippen molar-refractivity contribution in [2.45, 2.75) is 39.0 Å². The van der Waals surface area contributed by atoms with Crippen molar-refractivity contribution in [3.05, 3.63) is 0 Å². The van der Waals surface area contributed by atoms with Crippen molar-refractivity contribution in [2.75, 3.05) is 11.5 Å². The molecule has 0 spiro atoms. The molecule has 0 aliphatic heterocycles. The molecule has 0 unspecified atom stereocenters. The van der Waals surface area contributed by atoms with E-state index in [4.69, 9.17) is 0 Å². The first-order chi connectivity index (χ1) is 4.56. The van der Waals surface area contributed by atoms with Crippen molar-refractivity contribution in [3.8, 4) is 0 Å². The fraction of sp³-hybridized carbons (Fsp3) is 1.00. The Labute approximate surface area is 70.8 Å². The third-order valence-electron chi connectivity index (χ3n) is 1.42. The van der Waals surface area contributed by atoms with Gasteiger partial charge in [0.15, 0.2) is 0 Å². The van der Waals surface area contributed by atoms with E-state index < -0.39 is 8.07 Å². The molecule has 10 heavy (non-hydrogen) atoms. The molecule has 0 fully saturated rings. The lowest BCUT2D eigenvalue weighted by atomic mass is 10.6. The van der Waals surface area contributed by atoms with Crippen LogP contribution in [0.1, 0.15) is 13.3 Å². The van der Waals surface area contributed by atoms with Gasteiger partial charge in [-0.25, -0.2) is 0 Å². The topological polar surface area (TPSA) is 0 Å². The van der Waals surface area contributed by atoms with E-state index in [9.17, 15) is 0 Å². The lowest BCUT2D eigenvalue weighted by molar-refractivity contribution is 1.06. The highest BCUT2D eigenvalue weighted by Crippen LogP contribution is 2.13. The summed E-state index contributed by atoms with van der Waals surface area (Å²) in [4.78, 5) is 0. The van der Waals surface area contributed by atoms with Crippen molar-refractivity contribution < 1.29 is 0 Å². The van der Waals surface area contributed by atoms with Crippen LogP contribution in [0.15, 0.2) is 0 Å². The predicted molar refractivity (Wildman–Crippen MR) is 55.8 cm³/mol. The Balaban J connectivity index is 3.04. The maximum absolute atomic E-state index is 2.45. The highest BCUT2D eigenvalue weighted by Gasteiger charge is 2.10. The van der Waals surface area contributed by atoms with Crippen LogP contribution in [0.3, 0.4) is 0 Å². The van der Waals surface area contributed by atoms with Gasteiger partial charge in [-0.05, 0) is 17.9 Å². The third kappa shape index (κ3) is 8.57. The Morgan fingerprint density at radius 3 is 2.20 bits per heavy atom. The average Bonchev–Trinajstić information content (AvgIpc) is 1.78. The van der Waals surface area contributed by atoms with Gasteiger partial charge in [0.25, 0.3) is 0 Å². The summed E-state index contributed by atoms with van der Waals surface area (Å²) in [5, 5.41) is 0. The molecular formula is C8H20SSi. The largest absolute Gasteiger partial charge is 0.162 e. The minimum atomic E-state index is -0.721. The molecule has 0 aliphatic rings. The standard InChI is InChI=1S/C8H20SSi/c1-5-9-7-6-8-10(2,3)4/h5-8H2,1-4H3. The van der Waals surface area contributed by atoms with Crippen LogP contribution in [0.5, 0.6) is 0 Å². The number of hydrogen-bond donors (Lipinski definition) is 0. The predicted octanol–water partition coefficient (Wildman–Crippen LogP) is 3.47. The van der Waals surface area contributed by atoms with E-state index in [2.05, 4.69) is 38.3 Å². The molecule has 0 saturated heterocycles. The normalized spacial score (nSPS) is 12.0. The molecule has 0 N–H and O–H groups in total. The Morgan fingerprint density at radius 1 is 1.20 bits per heavy atom. The van der Waals surface area contributed by atoms with Crippen LogP contribution in [0, 0.1) is 0 Å². The molecule has 62 valence electrons. The van der Waals surface area contributed by atoms with Gasteiger partial charge in [0.2, 0.25) is 0 Å². The molecule has 0 aromatic carbocycles. The summed E-state index contributed by atoms with van der Waals surface area (Å²) in [5.74, 6) is 2.66. The molecule has 0 saturated carbocycles. The molecule has 0 nitrogen and oxygen atoms in total. The summed E-state index contributed by atoms with van der Waals surface area (Å²) < 4.78 is 0. The van der Waals surface area contributed by atoms with Crippen LogP contribution in [-0.2, 0) is 0 Å². The van der Waals surface area contributed by atoms with E-state index in [1.807, 2.05) is 0 Å². The summed E-state index contributed by atoms with van der Waals surface area (Å²) in [6, 6.07) is 1.50. The summed E-state index contributed by atoms with van der Waals surface area (Å²) in [5.41, 5.74) is 0. The van der Waals surface area contributed by atoms with E-state index >= 15 is 0 Å². The van der Waals surface area contributed by atoms with Gasteiger partial charge in [-0.15, -0.1) is 0 Å². The van der Waals surface area contributed by atoms with E-state index in [1.54, 1.807) is 0 Å². The molecule has 0 amide bonds. The van der Waals surface area contributed by atoms with E-state index in [0.29, 0.717) is 0 Å². The van der Waals surface area contributed by atoms with Crippen LogP contribution < -0.4 is 0 Å². The maximum atomic E-state index is 2.45. The molecule has 0 atom stereocenters. The molecule has 0 aromatic rings. The van der Waals surface area contributed by atoms with Gasteiger partial charge >= 0.3 is 0 Å². The lowest BCUT2D eigenvalue weighted by Crippen LogP contribution is -2.18. The molecule has 0 heterocycles. The Bertz CT molecular complexity index is 75.8. The van der Waals surface area contributed by atoms with E-state index in [-0.39, 0.29) is 0 Å². The number of rotatable bonds is 5. The second-order valence-corrected chi connectivity index (χ2v) is 10.9. The summed E-state index contributed by atoms with van der Waals surface area (Å²) >= 11 is 2.07. The summed E-state index contributed by atoms with van der Waals surface area (Å²) in [6.07, 6.45) is 1.44. The van der Waals surface area contributed by atoms with Crippen molar-refractivity contribution >= 4 is 19.8 Å². The summed E-state index contributed by atoms with van der Waals surface area (Å²) in [6.45, 7) is 9.58. The quantitative estimate of drug-likeness (QED) is 0.456. The van der Waals surface area contributed by atoms with Crippen LogP contribution in [0.4, 0.5) is 0 Å². The van der Waals surface area contributed by atoms with E-state index in [1.165, 1.54) is 24.0 Å². The number of hydrogen-bond acceptors (Lipinski definition) is 1. The Kier molecular flexibility index (Phi) is 5.55. The molecule has 0 aliphatic carbocycles. The fourth-order valence-corrected chi connectivity index (χ4v) is 2.98. The molecular weight excluding hydrogens is 156 g/mol. The van der Waals surface area contributed by atoms with Gasteiger partial charge in [0, 0.05) is 8.07 Å². The highest BCUT2D eigenvalue weighted by atomic mass is 32.2. The van der Waals surface area contributed by atoms with Crippen LogP contribution in [0.25, 0.3) is 0 Å². The molecule has 0 rings (SSSR count). The highest BCUT2D eigenvalue weighted by molar-refractivity contribution is 7.99. The van der Waals surface area contributed by atoms with Crippen molar-refractivity contribution in [1.82, 2.24) is 0 Å². The molecule has 2 heteroatoms. The second kappa shape index (κ2) is 5.25. The van der Waals surface area contributed by atoms with Crippen LogP contribution in [0.2, 0.25) is 25.7 Å². The number of thioether (sulfide) groups is 1. The Hall–Kier alpha value is 0.567. The zero-order chi connectivity index (χ0) is 8.04.